The molecule has 0 radical (unpaired) electrons. The highest BCUT2D eigenvalue weighted by atomic mass is 19.1. The van der Waals surface area contributed by atoms with Crippen LogP contribution in [0.15, 0.2) is 12.1 Å². The molecule has 4 nitrogen and oxygen atoms in total. The van der Waals surface area contributed by atoms with Crippen molar-refractivity contribution in [2.24, 2.45) is 5.92 Å². The number of benzene rings is 1. The average molecular weight is 278 g/mol. The van der Waals surface area contributed by atoms with Gasteiger partial charge in [0, 0.05) is 29.8 Å². The third kappa shape index (κ3) is 1.93. The molecule has 1 aromatic carbocycles. The monoisotopic (exact) mass is 278 g/mol. The van der Waals surface area contributed by atoms with Gasteiger partial charge in [0.2, 0.25) is 0 Å². The van der Waals surface area contributed by atoms with Crippen molar-refractivity contribution in [1.29, 1.82) is 0 Å². The predicted molar refractivity (Wildman–Crippen MR) is 72.0 cm³/mol. The van der Waals surface area contributed by atoms with E-state index in [0.29, 0.717) is 12.0 Å². The fourth-order valence-corrected chi connectivity index (χ4v) is 3.64. The molecule has 2 aliphatic rings. The summed E-state index contributed by atoms with van der Waals surface area (Å²) in [6, 6.07) is 3.51. The normalized spacial score (nSPS) is 28.9. The molecule has 20 heavy (non-hydrogen) atoms. The van der Waals surface area contributed by atoms with Crippen LogP contribution in [-0.4, -0.2) is 28.6 Å². The number of hydroxylamine groups is 1. The lowest BCUT2D eigenvalue weighted by Crippen LogP contribution is -2.37. The van der Waals surface area contributed by atoms with Crippen LogP contribution in [0.5, 0.6) is 0 Å². The number of nitrogens with zero attached hydrogens (tertiary/aromatic N) is 1. The van der Waals surface area contributed by atoms with Crippen LogP contribution in [0.3, 0.4) is 0 Å². The molecule has 1 amide bonds. The molecular weight excluding hydrogens is 259 g/mol. The number of carbonyl (C=O) groups excluding carboxylic acids is 1. The van der Waals surface area contributed by atoms with Gasteiger partial charge in [-0.05, 0) is 43.4 Å². The van der Waals surface area contributed by atoms with Crippen molar-refractivity contribution < 1.29 is 14.4 Å². The molecule has 1 aromatic rings. The third-order valence-corrected chi connectivity index (χ3v) is 4.89. The first-order valence-electron chi connectivity index (χ1n) is 7.05. The van der Waals surface area contributed by atoms with Crippen LogP contribution in [0, 0.1) is 11.7 Å². The maximum absolute atomic E-state index is 14.4. The molecule has 0 saturated carbocycles. The van der Waals surface area contributed by atoms with Crippen LogP contribution >= 0.6 is 0 Å². The zero-order valence-electron chi connectivity index (χ0n) is 11.7. The second-order valence-corrected chi connectivity index (χ2v) is 5.93. The first-order valence-corrected chi connectivity index (χ1v) is 7.05. The van der Waals surface area contributed by atoms with Crippen molar-refractivity contribution in [2.45, 2.75) is 38.8 Å². The lowest BCUT2D eigenvalue weighted by Gasteiger charge is -2.35. The summed E-state index contributed by atoms with van der Waals surface area (Å²) >= 11 is 0. The molecular formula is C15H19FN2O2. The van der Waals surface area contributed by atoms with E-state index in [4.69, 9.17) is 5.21 Å². The molecule has 0 aliphatic carbocycles. The molecule has 1 fully saturated rings. The molecule has 5 heteroatoms. The van der Waals surface area contributed by atoms with Gasteiger partial charge in [0.1, 0.15) is 5.82 Å². The minimum atomic E-state index is -0.665. The number of rotatable bonds is 1. The summed E-state index contributed by atoms with van der Waals surface area (Å²) in [7, 11) is 0. The minimum Gasteiger partial charge on any atom is -0.293 e. The summed E-state index contributed by atoms with van der Waals surface area (Å²) in [6.07, 6.45) is 1.70. The lowest BCUT2D eigenvalue weighted by atomic mass is 9.89. The van der Waals surface area contributed by atoms with Gasteiger partial charge < -0.3 is 0 Å². The van der Waals surface area contributed by atoms with Crippen molar-refractivity contribution in [3.8, 4) is 0 Å². The fourth-order valence-electron chi connectivity index (χ4n) is 3.64. The molecule has 108 valence electrons. The third-order valence-electron chi connectivity index (χ3n) is 4.89. The number of hydrogen-bond donors (Lipinski definition) is 2. The summed E-state index contributed by atoms with van der Waals surface area (Å²) in [5, 5.41) is 8.67. The maximum atomic E-state index is 14.4. The molecule has 0 bridgehead atoms. The largest absolute Gasteiger partial charge is 0.293 e. The molecule has 1 saturated heterocycles. The first-order chi connectivity index (χ1) is 9.52. The van der Waals surface area contributed by atoms with E-state index >= 15 is 0 Å². The van der Waals surface area contributed by atoms with Gasteiger partial charge >= 0.3 is 0 Å². The smallest absolute Gasteiger partial charge is 0.274 e. The molecule has 2 N–H and O–H groups in total. The second-order valence-electron chi connectivity index (χ2n) is 5.93. The maximum Gasteiger partial charge on any atom is 0.274 e. The fraction of sp³-hybridized carbons (Fsp3) is 0.533. The van der Waals surface area contributed by atoms with E-state index in [1.54, 1.807) is 11.5 Å². The number of halogens is 1. The number of nitrogens with one attached hydrogen (secondary N) is 1. The zero-order chi connectivity index (χ0) is 14.4. The summed E-state index contributed by atoms with van der Waals surface area (Å²) in [5.41, 5.74) is 3.37. The number of hydrogen-bond acceptors (Lipinski definition) is 3. The molecule has 3 rings (SSSR count). The molecule has 0 spiro atoms. The lowest BCUT2D eigenvalue weighted by molar-refractivity contribution is 0.0705. The molecule has 0 aromatic heterocycles. The highest BCUT2D eigenvalue weighted by Crippen LogP contribution is 2.44. The molecule has 3 atom stereocenters. The SMILES string of the molecule is C[C@@H]1[C@@H](C)C[C@@H]2c3c(F)cc(C(=O)NO)cc3CCN21. The van der Waals surface area contributed by atoms with Crippen molar-refractivity contribution in [2.75, 3.05) is 6.54 Å². The van der Waals surface area contributed by atoms with Crippen LogP contribution in [0.2, 0.25) is 0 Å². The Labute approximate surface area is 117 Å². The Morgan fingerprint density at radius 1 is 1.45 bits per heavy atom. The Bertz CT molecular complexity index is 561. The van der Waals surface area contributed by atoms with Crippen LogP contribution in [0.1, 0.15) is 47.8 Å². The summed E-state index contributed by atoms with van der Waals surface area (Å²) < 4.78 is 14.4. The van der Waals surface area contributed by atoms with Gasteiger partial charge in [0.15, 0.2) is 0 Å². The Balaban J connectivity index is 2.04. The second kappa shape index (κ2) is 4.82. The standard InChI is InChI=1S/C15H19FN2O2/c1-8-5-13-14-10(3-4-18(13)9(8)2)6-11(7-12(14)16)15(19)17-20/h6-9,13,20H,3-5H2,1-2H3,(H,17,19)/t8-,9+,13+/m0/s1. The van der Waals surface area contributed by atoms with Crippen molar-refractivity contribution in [1.82, 2.24) is 10.4 Å². The van der Waals surface area contributed by atoms with Crippen molar-refractivity contribution >= 4 is 5.91 Å². The topological polar surface area (TPSA) is 52.6 Å². The highest BCUT2D eigenvalue weighted by molar-refractivity contribution is 5.93. The summed E-state index contributed by atoms with van der Waals surface area (Å²) in [5.74, 6) is -0.454. The van der Waals surface area contributed by atoms with Gasteiger partial charge in [-0.25, -0.2) is 9.87 Å². The Morgan fingerprint density at radius 2 is 2.20 bits per heavy atom. The van der Waals surface area contributed by atoms with Gasteiger partial charge in [0.25, 0.3) is 5.91 Å². The Hall–Kier alpha value is -1.46. The number of fused-ring (bicyclic) bond motifs is 3. The van der Waals surface area contributed by atoms with E-state index in [0.717, 1.165) is 30.5 Å². The van der Waals surface area contributed by atoms with Gasteiger partial charge in [-0.3, -0.25) is 14.9 Å². The van der Waals surface area contributed by atoms with E-state index in [1.165, 1.54) is 6.07 Å². The van der Waals surface area contributed by atoms with Gasteiger partial charge in [-0.2, -0.15) is 0 Å². The Morgan fingerprint density at radius 3 is 2.90 bits per heavy atom. The van der Waals surface area contributed by atoms with Crippen molar-refractivity contribution in [3.05, 3.63) is 34.6 Å². The molecule has 2 aliphatic heterocycles. The average Bonchev–Trinajstić information content (AvgIpc) is 2.73. The summed E-state index contributed by atoms with van der Waals surface area (Å²) in [4.78, 5) is 13.8. The van der Waals surface area contributed by atoms with E-state index < -0.39 is 5.91 Å². The first kappa shape index (κ1) is 13.5. The van der Waals surface area contributed by atoms with Gasteiger partial charge in [0.05, 0.1) is 0 Å². The van der Waals surface area contributed by atoms with Crippen LogP contribution in [0.4, 0.5) is 4.39 Å². The van der Waals surface area contributed by atoms with E-state index in [1.807, 2.05) is 0 Å². The minimum absolute atomic E-state index is 0.120. The molecule has 2 heterocycles. The van der Waals surface area contributed by atoms with E-state index in [-0.39, 0.29) is 17.4 Å². The number of carbonyl (C=O) groups is 1. The van der Waals surface area contributed by atoms with Crippen molar-refractivity contribution in [3.63, 3.8) is 0 Å². The number of amides is 1. The van der Waals surface area contributed by atoms with Crippen LogP contribution in [-0.2, 0) is 6.42 Å². The predicted octanol–water partition coefficient (Wildman–Crippen LogP) is 2.27. The highest BCUT2D eigenvalue weighted by Gasteiger charge is 2.41. The van der Waals surface area contributed by atoms with Gasteiger partial charge in [-0.1, -0.05) is 6.92 Å². The zero-order valence-corrected chi connectivity index (χ0v) is 11.7. The Kier molecular flexibility index (Phi) is 3.26. The van der Waals surface area contributed by atoms with Crippen LogP contribution < -0.4 is 5.48 Å². The molecule has 0 unspecified atom stereocenters. The van der Waals surface area contributed by atoms with E-state index in [2.05, 4.69) is 18.7 Å². The van der Waals surface area contributed by atoms with E-state index in [9.17, 15) is 9.18 Å². The van der Waals surface area contributed by atoms with Crippen LogP contribution in [0.25, 0.3) is 0 Å². The summed E-state index contributed by atoms with van der Waals surface area (Å²) in [6.45, 7) is 5.29. The van der Waals surface area contributed by atoms with Gasteiger partial charge in [-0.15, -0.1) is 0 Å². The quantitative estimate of drug-likeness (QED) is 0.612.